The lowest BCUT2D eigenvalue weighted by Crippen LogP contribution is -2.31. The van der Waals surface area contributed by atoms with Gasteiger partial charge in [-0.05, 0) is 38.1 Å². The first kappa shape index (κ1) is 13.9. The Balaban J connectivity index is 1.57. The Morgan fingerprint density at radius 1 is 1.42 bits per heavy atom. The van der Waals surface area contributed by atoms with Crippen LogP contribution in [0.15, 0.2) is 30.3 Å². The van der Waals surface area contributed by atoms with Gasteiger partial charge in [-0.25, -0.2) is 0 Å². The summed E-state index contributed by atoms with van der Waals surface area (Å²) < 4.78 is 5.50. The fraction of sp³-hybridized carbons (Fsp3) is 0.533. The molecular formula is C15H22N2O2. The van der Waals surface area contributed by atoms with Crippen molar-refractivity contribution >= 4 is 5.91 Å². The molecule has 1 fully saturated rings. The lowest BCUT2D eigenvalue weighted by Gasteiger charge is -2.12. The van der Waals surface area contributed by atoms with Crippen molar-refractivity contribution in [2.24, 2.45) is 5.92 Å². The first-order chi connectivity index (χ1) is 9.24. The first-order valence-corrected chi connectivity index (χ1v) is 6.87. The number of para-hydroxylation sites is 1. The zero-order valence-corrected chi connectivity index (χ0v) is 11.5. The summed E-state index contributed by atoms with van der Waals surface area (Å²) in [4.78, 5) is 14.0. The predicted molar refractivity (Wildman–Crippen MR) is 75.2 cm³/mol. The third-order valence-electron chi connectivity index (χ3n) is 3.42. The van der Waals surface area contributed by atoms with Gasteiger partial charge in [0.05, 0.1) is 13.0 Å². The van der Waals surface area contributed by atoms with Gasteiger partial charge in [0.25, 0.3) is 0 Å². The van der Waals surface area contributed by atoms with Gasteiger partial charge in [-0.15, -0.1) is 0 Å². The van der Waals surface area contributed by atoms with Crippen molar-refractivity contribution in [3.63, 3.8) is 0 Å². The van der Waals surface area contributed by atoms with E-state index >= 15 is 0 Å². The van der Waals surface area contributed by atoms with E-state index in [1.165, 1.54) is 6.42 Å². The largest absolute Gasteiger partial charge is 0.493 e. The molecule has 1 heterocycles. The molecule has 1 aliphatic heterocycles. The summed E-state index contributed by atoms with van der Waals surface area (Å²) in [6.07, 6.45) is 1.59. The van der Waals surface area contributed by atoms with Crippen molar-refractivity contribution in [1.82, 2.24) is 10.2 Å². The van der Waals surface area contributed by atoms with Crippen molar-refractivity contribution in [3.8, 4) is 5.75 Å². The number of hydrogen-bond acceptors (Lipinski definition) is 3. The number of amides is 1. The number of hydrogen-bond donors (Lipinski definition) is 1. The van der Waals surface area contributed by atoms with Crippen LogP contribution in [0.25, 0.3) is 0 Å². The lowest BCUT2D eigenvalue weighted by molar-refractivity contribution is -0.121. The highest BCUT2D eigenvalue weighted by atomic mass is 16.5. The van der Waals surface area contributed by atoms with Gasteiger partial charge in [0.1, 0.15) is 5.75 Å². The number of carbonyl (C=O) groups is 1. The molecule has 4 nitrogen and oxygen atoms in total. The SMILES string of the molecule is CN1CC[C@@H](CNC(=O)CCOc2ccccc2)C1. The maximum Gasteiger partial charge on any atom is 0.223 e. The lowest BCUT2D eigenvalue weighted by atomic mass is 10.1. The Bertz CT molecular complexity index is 394. The number of rotatable bonds is 6. The zero-order chi connectivity index (χ0) is 13.5. The first-order valence-electron chi connectivity index (χ1n) is 6.87. The van der Waals surface area contributed by atoms with Crippen LogP contribution in [-0.2, 0) is 4.79 Å². The Morgan fingerprint density at radius 3 is 2.89 bits per heavy atom. The quantitative estimate of drug-likeness (QED) is 0.845. The summed E-state index contributed by atoms with van der Waals surface area (Å²) in [7, 11) is 2.12. The van der Waals surface area contributed by atoms with Crippen LogP contribution < -0.4 is 10.1 Å². The molecule has 1 aliphatic rings. The normalized spacial score (nSPS) is 19.3. The molecule has 4 heteroatoms. The summed E-state index contributed by atoms with van der Waals surface area (Å²) >= 11 is 0. The summed E-state index contributed by atoms with van der Waals surface area (Å²) in [6, 6.07) is 9.58. The molecule has 19 heavy (non-hydrogen) atoms. The molecule has 0 saturated carbocycles. The molecule has 0 aromatic heterocycles. The molecule has 104 valence electrons. The van der Waals surface area contributed by atoms with E-state index in [4.69, 9.17) is 4.74 Å². The topological polar surface area (TPSA) is 41.6 Å². The number of ether oxygens (including phenoxy) is 1. The molecule has 1 N–H and O–H groups in total. The summed E-state index contributed by atoms with van der Waals surface area (Å²) in [5, 5.41) is 2.99. The van der Waals surface area contributed by atoms with Gasteiger partial charge >= 0.3 is 0 Å². The van der Waals surface area contributed by atoms with Crippen LogP contribution in [0.1, 0.15) is 12.8 Å². The van der Waals surface area contributed by atoms with Crippen LogP contribution in [0.2, 0.25) is 0 Å². The molecule has 0 spiro atoms. The van der Waals surface area contributed by atoms with Gasteiger partial charge in [0, 0.05) is 13.1 Å². The maximum atomic E-state index is 11.7. The summed E-state index contributed by atoms with van der Waals surface area (Å²) in [5.41, 5.74) is 0. The Morgan fingerprint density at radius 2 is 2.21 bits per heavy atom. The number of carbonyl (C=O) groups excluding carboxylic acids is 1. The molecule has 1 saturated heterocycles. The molecule has 1 aromatic rings. The van der Waals surface area contributed by atoms with Gasteiger partial charge in [-0.2, -0.15) is 0 Å². The van der Waals surface area contributed by atoms with Crippen LogP contribution in [0, 0.1) is 5.92 Å². The van der Waals surface area contributed by atoms with E-state index < -0.39 is 0 Å². The summed E-state index contributed by atoms with van der Waals surface area (Å²) in [6.45, 7) is 3.44. The number of benzene rings is 1. The Labute approximate surface area is 114 Å². The Hall–Kier alpha value is -1.55. The van der Waals surface area contributed by atoms with Crippen LogP contribution in [0.5, 0.6) is 5.75 Å². The number of nitrogens with zero attached hydrogens (tertiary/aromatic N) is 1. The minimum atomic E-state index is 0.0745. The van der Waals surface area contributed by atoms with Gasteiger partial charge < -0.3 is 15.0 Å². The smallest absolute Gasteiger partial charge is 0.223 e. The highest BCUT2D eigenvalue weighted by Crippen LogP contribution is 2.13. The monoisotopic (exact) mass is 262 g/mol. The molecule has 1 aromatic carbocycles. The van der Waals surface area contributed by atoms with Crippen molar-refractivity contribution in [3.05, 3.63) is 30.3 Å². The minimum Gasteiger partial charge on any atom is -0.493 e. The summed E-state index contributed by atoms with van der Waals surface area (Å²) in [5.74, 6) is 1.49. The second kappa shape index (κ2) is 7.14. The fourth-order valence-corrected chi connectivity index (χ4v) is 2.32. The second-order valence-corrected chi connectivity index (χ2v) is 5.13. The molecule has 0 radical (unpaired) electrons. The van der Waals surface area contributed by atoms with Crippen molar-refractivity contribution in [2.75, 3.05) is 33.3 Å². The molecule has 2 rings (SSSR count). The van der Waals surface area contributed by atoms with E-state index in [0.29, 0.717) is 18.9 Å². The van der Waals surface area contributed by atoms with E-state index in [0.717, 1.165) is 25.4 Å². The molecule has 1 atom stereocenters. The Kier molecular flexibility index (Phi) is 5.21. The van der Waals surface area contributed by atoms with Crippen molar-refractivity contribution in [1.29, 1.82) is 0 Å². The van der Waals surface area contributed by atoms with Crippen LogP contribution >= 0.6 is 0 Å². The standard InChI is InChI=1S/C15H22N2O2/c1-17-9-7-13(12-17)11-16-15(18)8-10-19-14-5-3-2-4-6-14/h2-6,13H,7-12H2,1H3,(H,16,18)/t13-/m0/s1. The molecule has 0 unspecified atom stereocenters. The average Bonchev–Trinajstić information content (AvgIpc) is 2.83. The van der Waals surface area contributed by atoms with Gasteiger partial charge in [-0.3, -0.25) is 4.79 Å². The highest BCUT2D eigenvalue weighted by Gasteiger charge is 2.19. The van der Waals surface area contributed by atoms with Crippen LogP contribution in [0.4, 0.5) is 0 Å². The average molecular weight is 262 g/mol. The van der Waals surface area contributed by atoms with E-state index in [-0.39, 0.29) is 5.91 Å². The number of nitrogens with one attached hydrogen (secondary N) is 1. The van der Waals surface area contributed by atoms with Crippen molar-refractivity contribution in [2.45, 2.75) is 12.8 Å². The van der Waals surface area contributed by atoms with Gasteiger partial charge in [-0.1, -0.05) is 18.2 Å². The third-order valence-corrected chi connectivity index (χ3v) is 3.42. The fourth-order valence-electron chi connectivity index (χ4n) is 2.32. The van der Waals surface area contributed by atoms with Crippen molar-refractivity contribution < 1.29 is 9.53 Å². The van der Waals surface area contributed by atoms with E-state index in [9.17, 15) is 4.79 Å². The van der Waals surface area contributed by atoms with Crippen LogP contribution in [0.3, 0.4) is 0 Å². The molecule has 0 aliphatic carbocycles. The van der Waals surface area contributed by atoms with E-state index in [1.807, 2.05) is 30.3 Å². The predicted octanol–water partition coefficient (Wildman–Crippen LogP) is 1.52. The van der Waals surface area contributed by atoms with E-state index in [2.05, 4.69) is 17.3 Å². The number of likely N-dealkylation sites (tertiary alicyclic amines) is 1. The van der Waals surface area contributed by atoms with Crippen LogP contribution in [-0.4, -0.2) is 44.1 Å². The van der Waals surface area contributed by atoms with Gasteiger partial charge in [0.2, 0.25) is 5.91 Å². The minimum absolute atomic E-state index is 0.0745. The van der Waals surface area contributed by atoms with Gasteiger partial charge in [0.15, 0.2) is 0 Å². The zero-order valence-electron chi connectivity index (χ0n) is 11.5. The molecule has 1 amide bonds. The highest BCUT2D eigenvalue weighted by molar-refractivity contribution is 5.75. The third kappa shape index (κ3) is 4.91. The second-order valence-electron chi connectivity index (χ2n) is 5.13. The molecule has 0 bridgehead atoms. The molecular weight excluding hydrogens is 240 g/mol. The van der Waals surface area contributed by atoms with E-state index in [1.54, 1.807) is 0 Å². The maximum absolute atomic E-state index is 11.7.